The molecule has 2 rings (SSSR count). The van der Waals surface area contributed by atoms with Crippen molar-refractivity contribution in [3.63, 3.8) is 0 Å². The zero-order valence-electron chi connectivity index (χ0n) is 10.1. The second-order valence-corrected chi connectivity index (χ2v) is 3.96. The van der Waals surface area contributed by atoms with E-state index in [1.165, 1.54) is 6.20 Å². The number of nitrogens with two attached hydrogens (primary N) is 1. The monoisotopic (exact) mass is 245 g/mol. The van der Waals surface area contributed by atoms with Crippen molar-refractivity contribution in [3.8, 4) is 0 Å². The third-order valence-electron chi connectivity index (χ3n) is 2.48. The Morgan fingerprint density at radius 3 is 3.00 bits per heavy atom. The number of pyridine rings is 1. The van der Waals surface area contributed by atoms with Gasteiger partial charge in [-0.3, -0.25) is 9.48 Å². The summed E-state index contributed by atoms with van der Waals surface area (Å²) in [5.74, 6) is 0.187. The number of amides is 1. The fourth-order valence-corrected chi connectivity index (χ4v) is 1.59. The molecule has 0 saturated heterocycles. The van der Waals surface area contributed by atoms with Gasteiger partial charge < -0.3 is 11.1 Å². The van der Waals surface area contributed by atoms with Gasteiger partial charge in [-0.05, 0) is 18.2 Å². The van der Waals surface area contributed by atoms with Gasteiger partial charge in [-0.2, -0.15) is 5.10 Å². The molecule has 0 spiro atoms. The van der Waals surface area contributed by atoms with E-state index in [1.807, 2.05) is 19.3 Å². The Bertz CT molecular complexity index is 549. The molecule has 18 heavy (non-hydrogen) atoms. The molecule has 0 aromatic carbocycles. The minimum absolute atomic E-state index is 0.153. The van der Waals surface area contributed by atoms with E-state index in [4.69, 9.17) is 5.73 Å². The summed E-state index contributed by atoms with van der Waals surface area (Å²) >= 11 is 0. The largest absolute Gasteiger partial charge is 0.384 e. The van der Waals surface area contributed by atoms with E-state index in [9.17, 15) is 4.79 Å². The molecule has 0 bridgehead atoms. The van der Waals surface area contributed by atoms with Crippen molar-refractivity contribution in [3.05, 3.63) is 41.9 Å². The van der Waals surface area contributed by atoms with E-state index in [-0.39, 0.29) is 5.91 Å². The highest BCUT2D eigenvalue weighted by Gasteiger charge is 2.05. The van der Waals surface area contributed by atoms with Crippen molar-refractivity contribution in [2.45, 2.75) is 6.42 Å². The highest BCUT2D eigenvalue weighted by Crippen LogP contribution is 2.02. The first kappa shape index (κ1) is 12.1. The number of nitrogens with one attached hydrogen (secondary N) is 1. The number of carbonyl (C=O) groups is 1. The van der Waals surface area contributed by atoms with Crippen LogP contribution in [0.4, 0.5) is 5.82 Å². The lowest BCUT2D eigenvalue weighted by atomic mass is 10.2. The lowest BCUT2D eigenvalue weighted by Gasteiger charge is -2.04. The first-order valence-corrected chi connectivity index (χ1v) is 5.63. The van der Waals surface area contributed by atoms with Gasteiger partial charge >= 0.3 is 0 Å². The first-order valence-electron chi connectivity index (χ1n) is 5.63. The Balaban J connectivity index is 1.85. The number of anilines is 1. The van der Waals surface area contributed by atoms with Crippen LogP contribution in [-0.2, 0) is 13.5 Å². The number of aromatic nitrogens is 3. The van der Waals surface area contributed by atoms with Crippen LogP contribution in [0, 0.1) is 0 Å². The molecule has 6 nitrogen and oxygen atoms in total. The first-order chi connectivity index (χ1) is 8.65. The molecule has 0 saturated carbocycles. The van der Waals surface area contributed by atoms with Gasteiger partial charge in [-0.1, -0.05) is 0 Å². The van der Waals surface area contributed by atoms with E-state index in [2.05, 4.69) is 15.4 Å². The van der Waals surface area contributed by atoms with Crippen LogP contribution < -0.4 is 11.1 Å². The number of carbonyl (C=O) groups excluding carboxylic acids is 1. The fourth-order valence-electron chi connectivity index (χ4n) is 1.59. The summed E-state index contributed by atoms with van der Waals surface area (Å²) in [6.45, 7) is 0.540. The van der Waals surface area contributed by atoms with Gasteiger partial charge in [-0.25, -0.2) is 4.98 Å². The maximum absolute atomic E-state index is 11.8. The lowest BCUT2D eigenvalue weighted by molar-refractivity contribution is 0.0954. The second kappa shape index (κ2) is 5.31. The molecule has 2 aromatic rings. The van der Waals surface area contributed by atoms with Crippen molar-refractivity contribution < 1.29 is 4.79 Å². The van der Waals surface area contributed by atoms with Crippen LogP contribution in [0.3, 0.4) is 0 Å². The quantitative estimate of drug-likeness (QED) is 0.814. The van der Waals surface area contributed by atoms with Crippen LogP contribution in [-0.4, -0.2) is 27.2 Å². The number of hydrogen-bond acceptors (Lipinski definition) is 4. The van der Waals surface area contributed by atoms with Crippen LogP contribution in [0.15, 0.2) is 30.6 Å². The standard InChI is InChI=1S/C12H15N5O/c1-17-7-4-10(16-17)3-6-15-12(18)9-2-5-14-11(13)8-9/h2,4-5,7-8H,3,6H2,1H3,(H2,13,14)(H,15,18). The SMILES string of the molecule is Cn1ccc(CCNC(=O)c2ccnc(N)c2)n1. The molecule has 0 fully saturated rings. The molecule has 0 aliphatic heterocycles. The zero-order valence-corrected chi connectivity index (χ0v) is 10.1. The fraction of sp³-hybridized carbons (Fsp3) is 0.250. The Labute approximate surface area is 105 Å². The van der Waals surface area contributed by atoms with Crippen molar-refractivity contribution in [1.82, 2.24) is 20.1 Å². The summed E-state index contributed by atoms with van der Waals surface area (Å²) in [4.78, 5) is 15.6. The molecule has 0 atom stereocenters. The maximum atomic E-state index is 11.8. The minimum Gasteiger partial charge on any atom is -0.384 e. The molecule has 3 N–H and O–H groups in total. The van der Waals surface area contributed by atoms with Crippen molar-refractivity contribution >= 4 is 11.7 Å². The molecule has 0 aliphatic rings. The topological polar surface area (TPSA) is 85.8 Å². The van der Waals surface area contributed by atoms with E-state index in [0.717, 1.165) is 5.69 Å². The lowest BCUT2D eigenvalue weighted by Crippen LogP contribution is -2.26. The molecule has 94 valence electrons. The number of nitrogens with zero attached hydrogens (tertiary/aromatic N) is 3. The van der Waals surface area contributed by atoms with E-state index in [0.29, 0.717) is 24.3 Å². The van der Waals surface area contributed by atoms with Gasteiger partial charge in [0.1, 0.15) is 5.82 Å². The maximum Gasteiger partial charge on any atom is 0.251 e. The molecule has 6 heteroatoms. The highest BCUT2D eigenvalue weighted by molar-refractivity contribution is 5.94. The molecule has 1 amide bonds. The van der Waals surface area contributed by atoms with E-state index < -0.39 is 0 Å². The summed E-state index contributed by atoms with van der Waals surface area (Å²) in [6, 6.07) is 5.11. The third kappa shape index (κ3) is 3.07. The smallest absolute Gasteiger partial charge is 0.251 e. The number of rotatable bonds is 4. The Morgan fingerprint density at radius 2 is 2.33 bits per heavy atom. The second-order valence-electron chi connectivity index (χ2n) is 3.96. The average molecular weight is 245 g/mol. The van der Waals surface area contributed by atoms with Crippen LogP contribution in [0.25, 0.3) is 0 Å². The van der Waals surface area contributed by atoms with Crippen molar-refractivity contribution in [2.24, 2.45) is 7.05 Å². The van der Waals surface area contributed by atoms with E-state index in [1.54, 1.807) is 16.8 Å². The molecule has 0 radical (unpaired) electrons. The zero-order chi connectivity index (χ0) is 13.0. The number of nitrogen functional groups attached to an aromatic ring is 1. The predicted octanol–water partition coefficient (Wildman–Crippen LogP) is 0.370. The summed E-state index contributed by atoms with van der Waals surface area (Å²) in [6.07, 6.45) is 4.09. The molecule has 0 aliphatic carbocycles. The van der Waals surface area contributed by atoms with Crippen LogP contribution in [0.1, 0.15) is 16.1 Å². The van der Waals surface area contributed by atoms with E-state index >= 15 is 0 Å². The molecule has 2 aromatic heterocycles. The number of aryl methyl sites for hydroxylation is 1. The Kier molecular flexibility index (Phi) is 3.57. The summed E-state index contributed by atoms with van der Waals surface area (Å²) < 4.78 is 1.74. The number of hydrogen-bond donors (Lipinski definition) is 2. The summed E-state index contributed by atoms with van der Waals surface area (Å²) in [5.41, 5.74) is 6.98. The molecule has 2 heterocycles. The summed E-state index contributed by atoms with van der Waals surface area (Å²) in [5, 5.41) is 7.04. The third-order valence-corrected chi connectivity index (χ3v) is 2.48. The van der Waals surface area contributed by atoms with Gasteiger partial charge in [0, 0.05) is 38.0 Å². The van der Waals surface area contributed by atoms with Gasteiger partial charge in [0.05, 0.1) is 5.69 Å². The average Bonchev–Trinajstić information content (AvgIpc) is 2.75. The van der Waals surface area contributed by atoms with Crippen molar-refractivity contribution in [2.75, 3.05) is 12.3 Å². The van der Waals surface area contributed by atoms with Crippen LogP contribution in [0.5, 0.6) is 0 Å². The van der Waals surface area contributed by atoms with Gasteiger partial charge in [0.15, 0.2) is 0 Å². The molecular formula is C12H15N5O. The Hall–Kier alpha value is -2.37. The van der Waals surface area contributed by atoms with Gasteiger partial charge in [0.25, 0.3) is 5.91 Å². The minimum atomic E-state index is -0.153. The van der Waals surface area contributed by atoms with Gasteiger partial charge in [0.2, 0.25) is 0 Å². The predicted molar refractivity (Wildman–Crippen MR) is 67.9 cm³/mol. The van der Waals surface area contributed by atoms with Gasteiger partial charge in [-0.15, -0.1) is 0 Å². The van der Waals surface area contributed by atoms with Crippen LogP contribution in [0.2, 0.25) is 0 Å². The summed E-state index contributed by atoms with van der Waals surface area (Å²) in [7, 11) is 1.86. The molecule has 0 unspecified atom stereocenters. The van der Waals surface area contributed by atoms with Crippen molar-refractivity contribution in [1.29, 1.82) is 0 Å². The highest BCUT2D eigenvalue weighted by atomic mass is 16.1. The normalized spacial score (nSPS) is 10.3. The van der Waals surface area contributed by atoms with Crippen LogP contribution >= 0.6 is 0 Å². The molecular weight excluding hydrogens is 230 g/mol. The Morgan fingerprint density at radius 1 is 1.50 bits per heavy atom.